The highest BCUT2D eigenvalue weighted by Gasteiger charge is 2.24. The zero-order valence-corrected chi connectivity index (χ0v) is 15.2. The number of ether oxygens (including phenoxy) is 2. The second-order valence-corrected chi connectivity index (χ2v) is 6.89. The average molecular weight is 395 g/mol. The lowest BCUT2D eigenvalue weighted by atomic mass is 10.0. The molecule has 0 bridgehead atoms. The molecule has 1 fully saturated rings. The molecule has 1 unspecified atom stereocenters. The third kappa shape index (κ3) is 6.13. The summed E-state index contributed by atoms with van der Waals surface area (Å²) < 4.78 is 35.1. The number of alkyl halides is 2. The second kappa shape index (κ2) is 8.83. The molecule has 1 aliphatic rings. The number of nitrogens with two attached hydrogens (primary N) is 1. The van der Waals surface area contributed by atoms with E-state index in [0.29, 0.717) is 28.7 Å². The third-order valence-corrected chi connectivity index (χ3v) is 4.30. The van der Waals surface area contributed by atoms with E-state index in [1.807, 2.05) is 0 Å². The van der Waals surface area contributed by atoms with Crippen LogP contribution >= 0.6 is 23.2 Å². The largest absolute Gasteiger partial charge is 0.489 e. The Kier molecular flexibility index (Phi) is 7.04. The van der Waals surface area contributed by atoms with Crippen LogP contribution in [-0.4, -0.2) is 23.5 Å². The molecular formula is C17H20Cl2F2NO3+. The van der Waals surface area contributed by atoms with Crippen LogP contribution in [0.1, 0.15) is 37.9 Å². The number of aliphatic hydroxyl groups excluding tert-OH is 1. The molecule has 3 N–H and O–H groups in total. The lowest BCUT2D eigenvalue weighted by Gasteiger charge is -2.16. The van der Waals surface area contributed by atoms with Gasteiger partial charge in [-0.2, -0.15) is 8.78 Å². The molecule has 8 heteroatoms. The highest BCUT2D eigenvalue weighted by atomic mass is 35.5. The maximum atomic E-state index is 12.5. The Balaban J connectivity index is 2.19. The van der Waals surface area contributed by atoms with E-state index in [-0.39, 0.29) is 23.1 Å². The number of aliphatic hydroxyl groups is 1. The van der Waals surface area contributed by atoms with Crippen molar-refractivity contribution in [1.29, 1.82) is 0 Å². The third-order valence-electron chi connectivity index (χ3n) is 3.84. The summed E-state index contributed by atoms with van der Waals surface area (Å²) in [4.78, 5) is 0. The Hall–Kier alpha value is -1.37. The standard InChI is InChI=1S/C17H19Cl2F2NO3/c1-9(18)12(16(19)22)7-13(23)11-4-5-14(25-17(20)21)15(6-11)24-8-10-2-3-10/h4-6,10,13,17,22-23H,2-3,7-8H2,1H3/p+1/b12-9+,22-16?. The van der Waals surface area contributed by atoms with Crippen LogP contribution in [0.3, 0.4) is 0 Å². The van der Waals surface area contributed by atoms with Crippen molar-refractivity contribution in [3.63, 3.8) is 0 Å². The topological polar surface area (TPSA) is 64.3 Å². The van der Waals surface area contributed by atoms with Crippen molar-refractivity contribution in [1.82, 2.24) is 0 Å². The van der Waals surface area contributed by atoms with Gasteiger partial charge in [0.25, 0.3) is 5.17 Å². The predicted octanol–water partition coefficient (Wildman–Crippen LogP) is 3.41. The van der Waals surface area contributed by atoms with E-state index in [2.05, 4.69) is 4.74 Å². The Morgan fingerprint density at radius 3 is 2.52 bits per heavy atom. The SMILES string of the molecule is C/C(Cl)=C(/CC(O)c1ccc(OC(F)F)c(OCC2CC2)c1)C(=[NH2+])Cl. The summed E-state index contributed by atoms with van der Waals surface area (Å²) >= 11 is 11.7. The molecule has 0 aromatic heterocycles. The van der Waals surface area contributed by atoms with E-state index in [9.17, 15) is 13.9 Å². The van der Waals surface area contributed by atoms with Crippen LogP contribution < -0.4 is 14.9 Å². The molecule has 0 aliphatic heterocycles. The zero-order chi connectivity index (χ0) is 18.6. The molecular weight excluding hydrogens is 375 g/mol. The van der Waals surface area contributed by atoms with Crippen molar-refractivity contribution >= 4 is 28.4 Å². The van der Waals surface area contributed by atoms with Crippen LogP contribution in [0.2, 0.25) is 0 Å². The summed E-state index contributed by atoms with van der Waals surface area (Å²) in [5.74, 6) is 0.533. The minimum atomic E-state index is -2.96. The summed E-state index contributed by atoms with van der Waals surface area (Å²) in [5.41, 5.74) is 0.880. The molecule has 25 heavy (non-hydrogen) atoms. The molecule has 0 heterocycles. The first-order valence-electron chi connectivity index (χ1n) is 7.81. The number of allylic oxidation sites excluding steroid dienone is 1. The summed E-state index contributed by atoms with van der Waals surface area (Å²) in [6, 6.07) is 4.31. The fraction of sp³-hybridized carbons (Fsp3) is 0.471. The van der Waals surface area contributed by atoms with Gasteiger partial charge in [-0.25, -0.2) is 5.41 Å². The number of hydrogen-bond donors (Lipinski definition) is 2. The maximum absolute atomic E-state index is 12.5. The van der Waals surface area contributed by atoms with E-state index in [4.69, 9.17) is 33.3 Å². The van der Waals surface area contributed by atoms with Crippen LogP contribution in [-0.2, 0) is 0 Å². The fourth-order valence-corrected chi connectivity index (χ4v) is 2.69. The smallest absolute Gasteiger partial charge is 0.387 e. The molecule has 138 valence electrons. The maximum Gasteiger partial charge on any atom is 0.387 e. The van der Waals surface area contributed by atoms with Crippen molar-refractivity contribution in [2.45, 2.75) is 38.9 Å². The van der Waals surface area contributed by atoms with Crippen molar-refractivity contribution in [2.75, 3.05) is 6.61 Å². The Labute approximate surface area is 154 Å². The molecule has 4 nitrogen and oxygen atoms in total. The molecule has 0 spiro atoms. The van der Waals surface area contributed by atoms with Crippen molar-refractivity contribution in [2.24, 2.45) is 5.92 Å². The van der Waals surface area contributed by atoms with Crippen LogP contribution in [0.25, 0.3) is 0 Å². The molecule has 1 aliphatic carbocycles. The number of hydrogen-bond acceptors (Lipinski definition) is 3. The van der Waals surface area contributed by atoms with Gasteiger partial charge in [0.05, 0.1) is 18.3 Å². The van der Waals surface area contributed by atoms with Crippen LogP contribution in [0, 0.1) is 5.92 Å². The number of rotatable bonds is 9. The molecule has 0 saturated heterocycles. The van der Waals surface area contributed by atoms with Gasteiger partial charge in [-0.1, -0.05) is 17.7 Å². The highest BCUT2D eigenvalue weighted by Crippen LogP contribution is 2.36. The summed E-state index contributed by atoms with van der Waals surface area (Å²) in [6.45, 7) is -0.922. The van der Waals surface area contributed by atoms with E-state index in [1.54, 1.807) is 6.92 Å². The lowest BCUT2D eigenvalue weighted by Crippen LogP contribution is -2.37. The first-order valence-corrected chi connectivity index (χ1v) is 8.56. The molecule has 1 atom stereocenters. The fourth-order valence-electron chi connectivity index (χ4n) is 2.24. The molecule has 0 radical (unpaired) electrons. The summed E-state index contributed by atoms with van der Waals surface area (Å²) in [7, 11) is 0. The minimum absolute atomic E-state index is 0.00518. The molecule has 1 aromatic carbocycles. The van der Waals surface area contributed by atoms with Crippen LogP contribution in [0.15, 0.2) is 28.8 Å². The van der Waals surface area contributed by atoms with Gasteiger partial charge in [-0.05, 0) is 55.0 Å². The Morgan fingerprint density at radius 2 is 2.00 bits per heavy atom. The van der Waals surface area contributed by atoms with Gasteiger partial charge in [-0.3, -0.25) is 0 Å². The molecule has 0 amide bonds. The summed E-state index contributed by atoms with van der Waals surface area (Å²) in [6.07, 6.45) is 1.22. The minimum Gasteiger partial charge on any atom is -0.489 e. The van der Waals surface area contributed by atoms with Crippen molar-refractivity contribution in [3.8, 4) is 11.5 Å². The lowest BCUT2D eigenvalue weighted by molar-refractivity contribution is -0.109. The van der Waals surface area contributed by atoms with Crippen LogP contribution in [0.5, 0.6) is 11.5 Å². The van der Waals surface area contributed by atoms with Gasteiger partial charge in [0.2, 0.25) is 0 Å². The van der Waals surface area contributed by atoms with Gasteiger partial charge in [0.1, 0.15) is 0 Å². The molecule has 2 rings (SSSR count). The van der Waals surface area contributed by atoms with Crippen molar-refractivity contribution in [3.05, 3.63) is 34.4 Å². The molecule has 1 aromatic rings. The number of halogens is 4. The first-order chi connectivity index (χ1) is 11.8. The van der Waals surface area contributed by atoms with E-state index in [1.165, 1.54) is 18.2 Å². The van der Waals surface area contributed by atoms with Gasteiger partial charge >= 0.3 is 6.61 Å². The Bertz CT molecular complexity index is 659. The first kappa shape index (κ1) is 19.9. The quantitative estimate of drug-likeness (QED) is 0.630. The van der Waals surface area contributed by atoms with Gasteiger partial charge in [0, 0.05) is 11.5 Å². The normalized spacial score (nSPS) is 16.4. The van der Waals surface area contributed by atoms with Gasteiger partial charge in [-0.15, -0.1) is 0 Å². The zero-order valence-electron chi connectivity index (χ0n) is 13.6. The Morgan fingerprint density at radius 1 is 1.32 bits per heavy atom. The van der Waals surface area contributed by atoms with Crippen molar-refractivity contribution < 1.29 is 28.8 Å². The highest BCUT2D eigenvalue weighted by molar-refractivity contribution is 6.68. The van der Waals surface area contributed by atoms with E-state index < -0.39 is 12.7 Å². The van der Waals surface area contributed by atoms with Crippen LogP contribution in [0.4, 0.5) is 8.78 Å². The van der Waals surface area contributed by atoms with E-state index in [0.717, 1.165) is 12.8 Å². The average Bonchev–Trinajstić information content (AvgIpc) is 3.34. The summed E-state index contributed by atoms with van der Waals surface area (Å²) in [5, 5.41) is 16.3. The second-order valence-electron chi connectivity index (χ2n) is 5.92. The number of benzene rings is 1. The van der Waals surface area contributed by atoms with E-state index >= 15 is 0 Å². The predicted molar refractivity (Wildman–Crippen MR) is 92.2 cm³/mol. The van der Waals surface area contributed by atoms with Gasteiger partial charge in [0.15, 0.2) is 11.5 Å². The van der Waals surface area contributed by atoms with Gasteiger partial charge < -0.3 is 14.6 Å². The molecule has 1 saturated carbocycles. The monoisotopic (exact) mass is 394 g/mol.